The Morgan fingerprint density at radius 3 is 2.43 bits per heavy atom. The second-order valence-corrected chi connectivity index (χ2v) is 9.72. The first-order valence-electron chi connectivity index (χ1n) is 12.4. The van der Waals surface area contributed by atoms with E-state index < -0.39 is 41.3 Å². The molecule has 37 heavy (non-hydrogen) atoms. The fourth-order valence-electron chi connectivity index (χ4n) is 4.76. The molecule has 11 N–H and O–H groups in total. The zero-order chi connectivity index (χ0) is 26.7. The van der Waals surface area contributed by atoms with Crippen LogP contribution in [0.25, 0.3) is 11.1 Å². The predicted molar refractivity (Wildman–Crippen MR) is 137 cm³/mol. The van der Waals surface area contributed by atoms with Crippen LogP contribution in [0.5, 0.6) is 11.5 Å². The second kappa shape index (κ2) is 10.8. The van der Waals surface area contributed by atoms with E-state index in [0.29, 0.717) is 30.5 Å². The molecular formula is C26H34N6O5. The number of phenolic OH excluding ortho intramolecular Hbond substituents is 2. The third kappa shape index (κ3) is 5.53. The van der Waals surface area contributed by atoms with E-state index in [2.05, 4.69) is 16.0 Å². The van der Waals surface area contributed by atoms with Crippen molar-refractivity contribution in [1.29, 1.82) is 0 Å². The summed E-state index contributed by atoms with van der Waals surface area (Å²) in [5.41, 5.74) is 18.8. The summed E-state index contributed by atoms with van der Waals surface area (Å²) in [7, 11) is 0. The van der Waals surface area contributed by atoms with Crippen molar-refractivity contribution < 1.29 is 24.6 Å². The zero-order valence-corrected chi connectivity index (χ0v) is 20.5. The average Bonchev–Trinajstić information content (AvgIpc) is 3.57. The van der Waals surface area contributed by atoms with E-state index in [4.69, 9.17) is 17.2 Å². The highest BCUT2D eigenvalue weighted by Gasteiger charge is 2.59. The van der Waals surface area contributed by atoms with Crippen LogP contribution in [0.4, 0.5) is 0 Å². The minimum atomic E-state index is -1.30. The SMILES string of the molecule is NCCC[C@@H]1NC(=O)C2(N)CC2c2cc(ccc2O)-c2ccc(O)c(c2)C[C@@H](C(=O)NCCN)NC1=O. The molecular weight excluding hydrogens is 476 g/mol. The number of hydrogen-bond acceptors (Lipinski definition) is 8. The molecule has 4 rings (SSSR count). The topological polar surface area (TPSA) is 206 Å². The number of rotatable bonds is 6. The van der Waals surface area contributed by atoms with E-state index in [1.54, 1.807) is 30.3 Å². The summed E-state index contributed by atoms with van der Waals surface area (Å²) in [6, 6.07) is 8.00. The summed E-state index contributed by atoms with van der Waals surface area (Å²) >= 11 is 0. The van der Waals surface area contributed by atoms with Crippen molar-refractivity contribution in [2.45, 2.75) is 49.2 Å². The van der Waals surface area contributed by atoms with Crippen molar-refractivity contribution in [3.8, 4) is 22.6 Å². The van der Waals surface area contributed by atoms with Gasteiger partial charge in [-0.25, -0.2) is 0 Å². The van der Waals surface area contributed by atoms with Crippen LogP contribution in [0.15, 0.2) is 36.4 Å². The highest BCUT2D eigenvalue weighted by molar-refractivity contribution is 5.97. The lowest BCUT2D eigenvalue weighted by molar-refractivity contribution is -0.132. The second-order valence-electron chi connectivity index (χ2n) is 9.72. The third-order valence-corrected chi connectivity index (χ3v) is 7.06. The van der Waals surface area contributed by atoms with Gasteiger partial charge in [0.15, 0.2) is 0 Å². The summed E-state index contributed by atoms with van der Waals surface area (Å²) in [5.74, 6) is -2.01. The fourth-order valence-corrected chi connectivity index (χ4v) is 4.76. The molecule has 2 aromatic rings. The summed E-state index contributed by atoms with van der Waals surface area (Å²) in [4.78, 5) is 39.5. The first-order chi connectivity index (χ1) is 17.7. The number of aromatic hydroxyl groups is 2. The molecule has 1 heterocycles. The van der Waals surface area contributed by atoms with Gasteiger partial charge in [0.2, 0.25) is 17.7 Å². The van der Waals surface area contributed by atoms with Crippen LogP contribution >= 0.6 is 0 Å². The van der Waals surface area contributed by atoms with Crippen LogP contribution in [-0.4, -0.2) is 65.2 Å². The number of benzene rings is 2. The number of nitrogens with two attached hydrogens (primary N) is 3. The van der Waals surface area contributed by atoms with Crippen molar-refractivity contribution in [2.24, 2.45) is 17.2 Å². The summed E-state index contributed by atoms with van der Waals surface area (Å²) < 4.78 is 0. The summed E-state index contributed by atoms with van der Waals surface area (Å²) in [6.45, 7) is 0.723. The minimum absolute atomic E-state index is 0.00619. The van der Waals surface area contributed by atoms with Gasteiger partial charge in [0.1, 0.15) is 29.1 Å². The van der Waals surface area contributed by atoms with Crippen LogP contribution in [0.3, 0.4) is 0 Å². The predicted octanol–water partition coefficient (Wildman–Crippen LogP) is -0.711. The molecule has 3 amide bonds. The number of fused-ring (bicyclic) bond motifs is 7. The molecule has 11 heteroatoms. The van der Waals surface area contributed by atoms with E-state index >= 15 is 0 Å². The van der Waals surface area contributed by atoms with Gasteiger partial charge in [0.05, 0.1) is 0 Å². The van der Waals surface area contributed by atoms with Gasteiger partial charge in [-0.05, 0) is 66.8 Å². The van der Waals surface area contributed by atoms with Gasteiger partial charge in [-0.15, -0.1) is 0 Å². The average molecular weight is 511 g/mol. The molecule has 1 aliphatic heterocycles. The highest BCUT2D eigenvalue weighted by Crippen LogP contribution is 2.53. The summed E-state index contributed by atoms with van der Waals surface area (Å²) in [5, 5.41) is 29.3. The Bertz CT molecular complexity index is 1200. The summed E-state index contributed by atoms with van der Waals surface area (Å²) in [6.07, 6.45) is 0.988. The molecule has 0 spiro atoms. The van der Waals surface area contributed by atoms with Crippen molar-refractivity contribution >= 4 is 17.7 Å². The van der Waals surface area contributed by atoms with Gasteiger partial charge in [-0.2, -0.15) is 0 Å². The lowest BCUT2D eigenvalue weighted by atomic mass is 9.95. The Kier molecular flexibility index (Phi) is 7.67. The number of nitrogens with one attached hydrogen (secondary N) is 3. The van der Waals surface area contributed by atoms with E-state index in [1.165, 1.54) is 6.07 Å². The maximum atomic E-state index is 13.3. The molecule has 0 radical (unpaired) electrons. The maximum absolute atomic E-state index is 13.3. The quantitative estimate of drug-likeness (QED) is 0.248. The highest BCUT2D eigenvalue weighted by atomic mass is 16.3. The maximum Gasteiger partial charge on any atom is 0.243 e. The lowest BCUT2D eigenvalue weighted by Crippen LogP contribution is -2.57. The molecule has 1 aliphatic carbocycles. The largest absolute Gasteiger partial charge is 0.508 e. The first kappa shape index (κ1) is 26.4. The molecule has 4 atom stereocenters. The van der Waals surface area contributed by atoms with Gasteiger partial charge in [0, 0.05) is 31.0 Å². The number of phenols is 2. The van der Waals surface area contributed by atoms with Gasteiger partial charge in [-0.1, -0.05) is 12.1 Å². The molecule has 4 bridgehead atoms. The smallest absolute Gasteiger partial charge is 0.243 e. The van der Waals surface area contributed by atoms with Crippen LogP contribution in [0.2, 0.25) is 0 Å². The molecule has 0 saturated heterocycles. The molecule has 1 saturated carbocycles. The Balaban J connectivity index is 1.79. The van der Waals surface area contributed by atoms with E-state index in [9.17, 15) is 24.6 Å². The van der Waals surface area contributed by atoms with Crippen LogP contribution in [-0.2, 0) is 20.8 Å². The monoisotopic (exact) mass is 510 g/mol. The fraction of sp³-hybridized carbons (Fsp3) is 0.423. The normalized spacial score (nSPS) is 25.1. The Hall–Kier alpha value is -3.67. The van der Waals surface area contributed by atoms with Crippen LogP contribution in [0.1, 0.15) is 36.3 Å². The standard InChI is InChI=1S/C26H34N6O5/c27-7-1-2-19-24(36)31-20(23(35)30-9-8-28)12-16-10-14(3-5-21(16)33)15-4-6-22(34)17(11-15)18-13-26(18,29)25(37)32-19/h3-6,10-11,18-20,33-34H,1-2,7-9,12-13,27-29H2,(H,30,35)(H,31,36)(H,32,37)/t18?,19-,20-,26?/m0/s1. The molecule has 0 aromatic heterocycles. The van der Waals surface area contributed by atoms with Gasteiger partial charge < -0.3 is 43.4 Å². The molecule has 2 unspecified atom stereocenters. The van der Waals surface area contributed by atoms with Crippen molar-refractivity contribution in [3.63, 3.8) is 0 Å². The Morgan fingerprint density at radius 2 is 1.73 bits per heavy atom. The number of amides is 3. The molecule has 2 aliphatic rings. The molecule has 1 fully saturated rings. The zero-order valence-electron chi connectivity index (χ0n) is 20.5. The van der Waals surface area contributed by atoms with Crippen LogP contribution in [0, 0.1) is 0 Å². The lowest BCUT2D eigenvalue weighted by Gasteiger charge is -2.24. The van der Waals surface area contributed by atoms with E-state index in [1.807, 2.05) is 0 Å². The van der Waals surface area contributed by atoms with Gasteiger partial charge in [-0.3, -0.25) is 14.4 Å². The minimum Gasteiger partial charge on any atom is -0.508 e. The molecule has 2 aromatic carbocycles. The third-order valence-electron chi connectivity index (χ3n) is 7.06. The Morgan fingerprint density at radius 1 is 1.03 bits per heavy atom. The first-order valence-corrected chi connectivity index (χ1v) is 12.4. The van der Waals surface area contributed by atoms with Crippen LogP contribution < -0.4 is 33.2 Å². The number of carbonyl (C=O) groups is 3. The van der Waals surface area contributed by atoms with E-state index in [-0.39, 0.29) is 37.4 Å². The van der Waals surface area contributed by atoms with E-state index in [0.717, 1.165) is 11.1 Å². The molecule has 11 nitrogen and oxygen atoms in total. The van der Waals surface area contributed by atoms with Gasteiger partial charge >= 0.3 is 0 Å². The van der Waals surface area contributed by atoms with Crippen molar-refractivity contribution in [3.05, 3.63) is 47.5 Å². The van der Waals surface area contributed by atoms with Crippen molar-refractivity contribution in [1.82, 2.24) is 16.0 Å². The number of hydrogen-bond donors (Lipinski definition) is 8. The van der Waals surface area contributed by atoms with Gasteiger partial charge in [0.25, 0.3) is 0 Å². The number of carbonyl (C=O) groups excluding carboxylic acids is 3. The molecule has 198 valence electrons. The Labute approximate surface area is 214 Å². The van der Waals surface area contributed by atoms with Crippen molar-refractivity contribution in [2.75, 3.05) is 19.6 Å².